The molecule has 2 aromatic carbocycles. The van der Waals surface area contributed by atoms with Gasteiger partial charge in [-0.2, -0.15) is 0 Å². The van der Waals surface area contributed by atoms with E-state index in [1.807, 2.05) is 73.6 Å². The van der Waals surface area contributed by atoms with Crippen molar-refractivity contribution >= 4 is 23.0 Å². The van der Waals surface area contributed by atoms with E-state index >= 15 is 0 Å². The zero-order chi connectivity index (χ0) is 20.6. The molecule has 2 N–H and O–H groups in total. The van der Waals surface area contributed by atoms with E-state index in [0.717, 1.165) is 35.8 Å². The molecule has 0 saturated heterocycles. The number of carbonyl (C=O) groups excluding carboxylic acids is 1. The van der Waals surface area contributed by atoms with E-state index in [0.29, 0.717) is 5.69 Å². The van der Waals surface area contributed by atoms with E-state index in [1.165, 1.54) is 5.56 Å². The minimum Gasteiger partial charge on any atom is -0.497 e. The molecule has 0 unspecified atom stereocenters. The van der Waals surface area contributed by atoms with Gasteiger partial charge >= 0.3 is 0 Å². The quantitative estimate of drug-likeness (QED) is 0.607. The second-order valence-electron chi connectivity index (χ2n) is 6.85. The maximum absolute atomic E-state index is 12.5. The normalized spacial score (nSPS) is 10.3. The first-order valence-corrected chi connectivity index (χ1v) is 9.47. The Balaban J connectivity index is 1.55. The predicted octanol–water partition coefficient (Wildman–Crippen LogP) is 4.06. The van der Waals surface area contributed by atoms with Gasteiger partial charge in [-0.25, -0.2) is 0 Å². The third-order valence-electron chi connectivity index (χ3n) is 4.54. The van der Waals surface area contributed by atoms with Gasteiger partial charge in [0.1, 0.15) is 11.4 Å². The average Bonchev–Trinajstić information content (AvgIpc) is 2.75. The van der Waals surface area contributed by atoms with Crippen LogP contribution in [0.15, 0.2) is 66.9 Å². The van der Waals surface area contributed by atoms with Crippen LogP contribution >= 0.6 is 0 Å². The Bertz CT molecular complexity index is 938. The molecule has 0 saturated carbocycles. The van der Waals surface area contributed by atoms with Gasteiger partial charge in [-0.3, -0.25) is 9.78 Å². The third-order valence-corrected chi connectivity index (χ3v) is 4.54. The van der Waals surface area contributed by atoms with Crippen molar-refractivity contribution in [3.05, 3.63) is 78.1 Å². The summed E-state index contributed by atoms with van der Waals surface area (Å²) in [5.74, 6) is 0.615. The van der Waals surface area contributed by atoms with Crippen molar-refractivity contribution in [1.29, 1.82) is 0 Å². The Hall–Kier alpha value is -3.54. The number of nitrogens with zero attached hydrogens (tertiary/aromatic N) is 2. The number of rotatable bonds is 8. The number of methoxy groups -OCH3 is 1. The Labute approximate surface area is 171 Å². The highest BCUT2D eigenvalue weighted by atomic mass is 16.5. The lowest BCUT2D eigenvalue weighted by atomic mass is 10.1. The largest absolute Gasteiger partial charge is 0.497 e. The molecular weight excluding hydrogens is 364 g/mol. The Kier molecular flexibility index (Phi) is 6.68. The number of amides is 1. The molecule has 0 aliphatic carbocycles. The van der Waals surface area contributed by atoms with Gasteiger partial charge in [0.15, 0.2) is 0 Å². The fourth-order valence-corrected chi connectivity index (χ4v) is 2.85. The zero-order valence-electron chi connectivity index (χ0n) is 17.0. The SMILES string of the molecule is COc1ccc(CCNc2ccnc(C(=O)Nc3ccc(N(C)C)cc3)c2)cc1. The molecule has 0 fully saturated rings. The predicted molar refractivity (Wildman–Crippen MR) is 118 cm³/mol. The van der Waals surface area contributed by atoms with Crippen molar-refractivity contribution in [2.45, 2.75) is 6.42 Å². The summed E-state index contributed by atoms with van der Waals surface area (Å²) in [6, 6.07) is 19.3. The van der Waals surface area contributed by atoms with Crippen LogP contribution in [0.3, 0.4) is 0 Å². The summed E-state index contributed by atoms with van der Waals surface area (Å²) >= 11 is 0. The van der Waals surface area contributed by atoms with Crippen LogP contribution in [0.4, 0.5) is 17.1 Å². The molecule has 0 atom stereocenters. The molecule has 3 aromatic rings. The standard InChI is InChI=1S/C23H26N4O2/c1-27(2)20-8-6-18(7-9-20)26-23(28)22-16-19(13-15-25-22)24-14-12-17-4-10-21(29-3)11-5-17/h4-11,13,15-16H,12,14H2,1-3H3,(H,24,25)(H,26,28). The van der Waals surface area contributed by atoms with Crippen molar-refractivity contribution in [2.75, 3.05) is 43.3 Å². The van der Waals surface area contributed by atoms with Gasteiger partial charge in [0, 0.05) is 43.9 Å². The summed E-state index contributed by atoms with van der Waals surface area (Å²) < 4.78 is 5.17. The minimum absolute atomic E-state index is 0.235. The summed E-state index contributed by atoms with van der Waals surface area (Å²) in [5, 5.41) is 6.23. The van der Waals surface area contributed by atoms with E-state index in [-0.39, 0.29) is 5.91 Å². The lowest BCUT2D eigenvalue weighted by Gasteiger charge is -2.13. The Morgan fingerprint density at radius 2 is 1.72 bits per heavy atom. The number of carbonyl (C=O) groups is 1. The second kappa shape index (κ2) is 9.59. The average molecular weight is 390 g/mol. The van der Waals surface area contributed by atoms with Gasteiger partial charge in [0.05, 0.1) is 7.11 Å². The number of pyridine rings is 1. The molecule has 6 heteroatoms. The number of aromatic nitrogens is 1. The van der Waals surface area contributed by atoms with E-state index in [9.17, 15) is 4.79 Å². The molecule has 0 spiro atoms. The van der Waals surface area contributed by atoms with Gasteiger partial charge in [-0.05, 0) is 60.5 Å². The molecule has 3 rings (SSSR count). The molecule has 0 aliphatic heterocycles. The third kappa shape index (κ3) is 5.72. The molecule has 1 aromatic heterocycles. The van der Waals surface area contributed by atoms with Crippen LogP contribution < -0.4 is 20.3 Å². The van der Waals surface area contributed by atoms with Crippen LogP contribution in [-0.4, -0.2) is 38.6 Å². The van der Waals surface area contributed by atoms with Crippen LogP contribution in [0.2, 0.25) is 0 Å². The van der Waals surface area contributed by atoms with Gasteiger partial charge in [0.2, 0.25) is 0 Å². The van der Waals surface area contributed by atoms with Crippen molar-refractivity contribution < 1.29 is 9.53 Å². The van der Waals surface area contributed by atoms with Crippen molar-refractivity contribution in [3.63, 3.8) is 0 Å². The molecule has 6 nitrogen and oxygen atoms in total. The number of hydrogen-bond donors (Lipinski definition) is 2. The fraction of sp³-hybridized carbons (Fsp3) is 0.217. The van der Waals surface area contributed by atoms with Gasteiger partial charge in [0.25, 0.3) is 5.91 Å². The highest BCUT2D eigenvalue weighted by Crippen LogP contribution is 2.17. The maximum Gasteiger partial charge on any atom is 0.274 e. The zero-order valence-corrected chi connectivity index (χ0v) is 17.0. The van der Waals surface area contributed by atoms with Crippen LogP contribution in [0.5, 0.6) is 5.75 Å². The van der Waals surface area contributed by atoms with Crippen LogP contribution in [0, 0.1) is 0 Å². The van der Waals surface area contributed by atoms with Crippen LogP contribution in [0.1, 0.15) is 16.1 Å². The van der Waals surface area contributed by atoms with Crippen molar-refractivity contribution in [2.24, 2.45) is 0 Å². The summed E-state index contributed by atoms with van der Waals surface area (Å²) in [6.07, 6.45) is 2.51. The van der Waals surface area contributed by atoms with Gasteiger partial charge in [-0.1, -0.05) is 12.1 Å². The summed E-state index contributed by atoms with van der Waals surface area (Å²) in [7, 11) is 5.61. The van der Waals surface area contributed by atoms with E-state index in [2.05, 4.69) is 15.6 Å². The maximum atomic E-state index is 12.5. The van der Waals surface area contributed by atoms with Gasteiger partial charge in [-0.15, -0.1) is 0 Å². The number of nitrogens with one attached hydrogen (secondary N) is 2. The highest BCUT2D eigenvalue weighted by Gasteiger charge is 2.09. The molecule has 0 radical (unpaired) electrons. The summed E-state index contributed by atoms with van der Waals surface area (Å²) in [4.78, 5) is 18.7. The molecule has 1 amide bonds. The van der Waals surface area contributed by atoms with E-state index < -0.39 is 0 Å². The molecule has 0 aliphatic rings. The Morgan fingerprint density at radius 3 is 2.38 bits per heavy atom. The number of hydrogen-bond acceptors (Lipinski definition) is 5. The summed E-state index contributed by atoms with van der Waals surface area (Å²) in [6.45, 7) is 0.753. The van der Waals surface area contributed by atoms with Crippen LogP contribution in [0.25, 0.3) is 0 Å². The summed E-state index contributed by atoms with van der Waals surface area (Å²) in [5.41, 5.74) is 4.26. The van der Waals surface area contributed by atoms with E-state index in [4.69, 9.17) is 4.74 Å². The first-order valence-electron chi connectivity index (χ1n) is 9.47. The Morgan fingerprint density at radius 1 is 1.00 bits per heavy atom. The minimum atomic E-state index is -0.235. The molecule has 150 valence electrons. The van der Waals surface area contributed by atoms with Crippen LogP contribution in [-0.2, 0) is 6.42 Å². The van der Waals surface area contributed by atoms with E-state index in [1.54, 1.807) is 19.4 Å². The topological polar surface area (TPSA) is 66.5 Å². The number of anilines is 3. The van der Waals surface area contributed by atoms with Crippen molar-refractivity contribution in [1.82, 2.24) is 4.98 Å². The smallest absolute Gasteiger partial charge is 0.274 e. The van der Waals surface area contributed by atoms with Crippen molar-refractivity contribution in [3.8, 4) is 5.75 Å². The molecule has 29 heavy (non-hydrogen) atoms. The lowest BCUT2D eigenvalue weighted by molar-refractivity contribution is 0.102. The highest BCUT2D eigenvalue weighted by molar-refractivity contribution is 6.03. The number of benzene rings is 2. The first-order chi connectivity index (χ1) is 14.0. The molecule has 1 heterocycles. The lowest BCUT2D eigenvalue weighted by Crippen LogP contribution is -2.15. The monoisotopic (exact) mass is 390 g/mol. The first kappa shape index (κ1) is 20.2. The molecule has 0 bridgehead atoms. The number of ether oxygens (including phenoxy) is 1. The molecular formula is C23H26N4O2. The van der Waals surface area contributed by atoms with Gasteiger partial charge < -0.3 is 20.3 Å². The second-order valence-corrected chi connectivity index (χ2v) is 6.85. The fourth-order valence-electron chi connectivity index (χ4n) is 2.85.